The monoisotopic (exact) mass is 350 g/mol. The standard InChI is InChI=1S/C23H30N2O/c26-23(24-17-11-12-17)16-10-13-21-20(14-16)18-8-4-5-9-19(18)22(25-21)15-6-2-1-3-7-15/h8,10,13-15,17,19,22,25H,1-7,9,11-12H2,(H,24,26)/t19-,22+/m1/s1. The lowest BCUT2D eigenvalue weighted by Gasteiger charge is -2.44. The van der Waals surface area contributed by atoms with E-state index in [1.165, 1.54) is 68.2 Å². The zero-order valence-electron chi connectivity index (χ0n) is 15.6. The number of amides is 1. The molecule has 3 nitrogen and oxygen atoms in total. The Morgan fingerprint density at radius 2 is 1.85 bits per heavy atom. The summed E-state index contributed by atoms with van der Waals surface area (Å²) in [4.78, 5) is 12.5. The van der Waals surface area contributed by atoms with E-state index in [-0.39, 0.29) is 5.91 Å². The van der Waals surface area contributed by atoms with Crippen LogP contribution in [0, 0.1) is 11.8 Å². The van der Waals surface area contributed by atoms with Gasteiger partial charge in [-0.25, -0.2) is 0 Å². The molecular weight excluding hydrogens is 320 g/mol. The molecule has 1 amide bonds. The Morgan fingerprint density at radius 3 is 2.65 bits per heavy atom. The van der Waals surface area contributed by atoms with Crippen molar-refractivity contribution < 1.29 is 4.79 Å². The average Bonchev–Trinajstić information content (AvgIpc) is 3.51. The van der Waals surface area contributed by atoms with Gasteiger partial charge in [-0.3, -0.25) is 4.79 Å². The van der Waals surface area contributed by atoms with Crippen molar-refractivity contribution >= 4 is 17.2 Å². The van der Waals surface area contributed by atoms with E-state index in [1.54, 1.807) is 0 Å². The summed E-state index contributed by atoms with van der Waals surface area (Å²) >= 11 is 0. The third-order valence-corrected chi connectivity index (χ3v) is 6.90. The molecule has 1 heterocycles. The molecule has 0 unspecified atom stereocenters. The highest BCUT2D eigenvalue weighted by Gasteiger charge is 2.38. The van der Waals surface area contributed by atoms with Crippen LogP contribution >= 0.6 is 0 Å². The van der Waals surface area contributed by atoms with Crippen molar-refractivity contribution in [1.29, 1.82) is 0 Å². The molecule has 5 rings (SSSR count). The normalized spacial score (nSPS) is 28.4. The molecule has 1 aromatic rings. The first kappa shape index (κ1) is 16.4. The SMILES string of the molecule is O=C(NC1CC1)c1ccc2c(c1)C1=CCCC[C@H]1[C@H](C1CCCCC1)N2. The summed E-state index contributed by atoms with van der Waals surface area (Å²) in [5.41, 5.74) is 4.86. The summed E-state index contributed by atoms with van der Waals surface area (Å²) in [5.74, 6) is 1.53. The van der Waals surface area contributed by atoms with E-state index in [2.05, 4.69) is 28.8 Å². The molecule has 0 aromatic heterocycles. The minimum absolute atomic E-state index is 0.0951. The molecule has 4 aliphatic rings. The van der Waals surface area contributed by atoms with Gasteiger partial charge in [0.05, 0.1) is 0 Å². The first-order chi connectivity index (χ1) is 12.8. The van der Waals surface area contributed by atoms with E-state index in [9.17, 15) is 4.79 Å². The number of allylic oxidation sites excluding steroid dienone is 1. The van der Waals surface area contributed by atoms with Crippen LogP contribution in [0.3, 0.4) is 0 Å². The second-order valence-corrected chi connectivity index (χ2v) is 8.77. The van der Waals surface area contributed by atoms with Crippen LogP contribution in [0.15, 0.2) is 24.3 Å². The van der Waals surface area contributed by atoms with Gasteiger partial charge in [-0.1, -0.05) is 25.3 Å². The molecule has 3 heteroatoms. The zero-order valence-corrected chi connectivity index (χ0v) is 15.6. The van der Waals surface area contributed by atoms with Crippen LogP contribution < -0.4 is 10.6 Å². The Bertz CT molecular complexity index is 728. The second kappa shape index (κ2) is 6.75. The highest BCUT2D eigenvalue weighted by atomic mass is 16.1. The van der Waals surface area contributed by atoms with E-state index in [0.29, 0.717) is 18.0 Å². The number of carbonyl (C=O) groups is 1. The number of hydrogen-bond acceptors (Lipinski definition) is 2. The highest BCUT2D eigenvalue weighted by Crippen LogP contribution is 2.47. The Balaban J connectivity index is 1.46. The molecule has 2 N–H and O–H groups in total. The number of nitrogens with one attached hydrogen (secondary N) is 2. The van der Waals surface area contributed by atoms with Crippen LogP contribution in [0.5, 0.6) is 0 Å². The van der Waals surface area contributed by atoms with Crippen LogP contribution in [-0.4, -0.2) is 18.0 Å². The van der Waals surface area contributed by atoms with Crippen molar-refractivity contribution in [3.63, 3.8) is 0 Å². The summed E-state index contributed by atoms with van der Waals surface area (Å²) in [5, 5.41) is 7.04. The molecule has 1 aromatic carbocycles. The number of benzene rings is 1. The summed E-state index contributed by atoms with van der Waals surface area (Å²) in [6.07, 6.45) is 15.4. The maximum Gasteiger partial charge on any atom is 0.251 e. The molecule has 3 aliphatic carbocycles. The predicted molar refractivity (Wildman–Crippen MR) is 106 cm³/mol. The Hall–Kier alpha value is -1.77. The van der Waals surface area contributed by atoms with Crippen LogP contribution in [-0.2, 0) is 0 Å². The zero-order chi connectivity index (χ0) is 17.5. The van der Waals surface area contributed by atoms with Crippen LogP contribution in [0.2, 0.25) is 0 Å². The minimum atomic E-state index is 0.0951. The topological polar surface area (TPSA) is 41.1 Å². The molecule has 0 radical (unpaired) electrons. The van der Waals surface area contributed by atoms with Crippen molar-refractivity contribution in [1.82, 2.24) is 5.32 Å². The van der Waals surface area contributed by atoms with Gasteiger partial charge in [0, 0.05) is 34.8 Å². The quantitative estimate of drug-likeness (QED) is 0.793. The molecule has 0 spiro atoms. The Kier molecular flexibility index (Phi) is 4.26. The van der Waals surface area contributed by atoms with Crippen LogP contribution in [0.25, 0.3) is 5.57 Å². The smallest absolute Gasteiger partial charge is 0.251 e. The number of carbonyl (C=O) groups excluding carboxylic acids is 1. The van der Waals surface area contributed by atoms with Gasteiger partial charge in [-0.05, 0) is 74.6 Å². The second-order valence-electron chi connectivity index (χ2n) is 8.77. The lowest BCUT2D eigenvalue weighted by molar-refractivity contribution is 0.0951. The van der Waals surface area contributed by atoms with Crippen molar-refractivity contribution in [3.8, 4) is 0 Å². The van der Waals surface area contributed by atoms with Crippen molar-refractivity contribution in [2.24, 2.45) is 11.8 Å². The van der Waals surface area contributed by atoms with Crippen LogP contribution in [0.4, 0.5) is 5.69 Å². The lowest BCUT2D eigenvalue weighted by atomic mass is 9.69. The molecule has 26 heavy (non-hydrogen) atoms. The fourth-order valence-electron chi connectivity index (χ4n) is 5.35. The number of anilines is 1. The van der Waals surface area contributed by atoms with Gasteiger partial charge in [-0.2, -0.15) is 0 Å². The average molecular weight is 351 g/mol. The van der Waals surface area contributed by atoms with Crippen molar-refractivity contribution in [2.75, 3.05) is 5.32 Å². The van der Waals surface area contributed by atoms with Gasteiger partial charge in [0.15, 0.2) is 0 Å². The molecular formula is C23H30N2O. The van der Waals surface area contributed by atoms with Gasteiger partial charge in [-0.15, -0.1) is 0 Å². The van der Waals surface area contributed by atoms with Gasteiger partial charge in [0.25, 0.3) is 5.91 Å². The van der Waals surface area contributed by atoms with Gasteiger partial charge >= 0.3 is 0 Å². The third kappa shape index (κ3) is 3.06. The molecule has 2 saturated carbocycles. The lowest BCUT2D eigenvalue weighted by Crippen LogP contribution is -2.42. The molecule has 1 aliphatic heterocycles. The first-order valence-electron chi connectivity index (χ1n) is 10.7. The van der Waals surface area contributed by atoms with E-state index >= 15 is 0 Å². The maximum absolute atomic E-state index is 12.5. The predicted octanol–water partition coefficient (Wildman–Crippen LogP) is 5.14. The maximum atomic E-state index is 12.5. The summed E-state index contributed by atoms with van der Waals surface area (Å²) in [6, 6.07) is 7.29. The Morgan fingerprint density at radius 1 is 1.00 bits per heavy atom. The largest absolute Gasteiger partial charge is 0.381 e. The van der Waals surface area contributed by atoms with E-state index in [1.807, 2.05) is 6.07 Å². The van der Waals surface area contributed by atoms with Gasteiger partial charge in [0.1, 0.15) is 0 Å². The van der Waals surface area contributed by atoms with Crippen molar-refractivity contribution in [3.05, 3.63) is 35.4 Å². The van der Waals surface area contributed by atoms with E-state index in [4.69, 9.17) is 0 Å². The van der Waals surface area contributed by atoms with Crippen LogP contribution in [0.1, 0.15) is 80.1 Å². The molecule has 0 saturated heterocycles. The third-order valence-electron chi connectivity index (χ3n) is 6.90. The van der Waals surface area contributed by atoms with Gasteiger partial charge in [0.2, 0.25) is 0 Å². The molecule has 2 fully saturated rings. The van der Waals surface area contributed by atoms with E-state index < -0.39 is 0 Å². The fourth-order valence-corrected chi connectivity index (χ4v) is 5.35. The first-order valence-corrected chi connectivity index (χ1v) is 10.7. The molecule has 138 valence electrons. The highest BCUT2D eigenvalue weighted by molar-refractivity contribution is 5.97. The molecule has 0 bridgehead atoms. The minimum Gasteiger partial charge on any atom is -0.381 e. The van der Waals surface area contributed by atoms with E-state index in [0.717, 1.165) is 24.3 Å². The summed E-state index contributed by atoms with van der Waals surface area (Å²) in [7, 11) is 0. The summed E-state index contributed by atoms with van der Waals surface area (Å²) in [6.45, 7) is 0. The number of rotatable bonds is 3. The fraction of sp³-hybridized carbons (Fsp3) is 0.609. The Labute approximate surface area is 156 Å². The number of fused-ring (bicyclic) bond motifs is 3. The van der Waals surface area contributed by atoms with Crippen molar-refractivity contribution in [2.45, 2.75) is 76.3 Å². The number of hydrogen-bond donors (Lipinski definition) is 2. The van der Waals surface area contributed by atoms with Gasteiger partial charge < -0.3 is 10.6 Å². The summed E-state index contributed by atoms with van der Waals surface area (Å²) < 4.78 is 0. The molecule has 2 atom stereocenters.